The molecule has 9 nitrogen and oxygen atoms in total. The topological polar surface area (TPSA) is 91.6 Å². The van der Waals surface area contributed by atoms with Crippen LogP contribution >= 0.6 is 0 Å². The Bertz CT molecular complexity index is 1300. The van der Waals surface area contributed by atoms with Crippen LogP contribution in [0.1, 0.15) is 6.42 Å². The van der Waals surface area contributed by atoms with Crippen molar-refractivity contribution in [3.05, 3.63) is 48.7 Å². The second kappa shape index (κ2) is 8.38. The van der Waals surface area contributed by atoms with Crippen LogP contribution in [0, 0.1) is 11.7 Å². The predicted octanol–water partition coefficient (Wildman–Crippen LogP) is 1.47. The van der Waals surface area contributed by atoms with Crippen LogP contribution < -0.4 is 4.90 Å². The van der Waals surface area contributed by atoms with Crippen LogP contribution in [0.4, 0.5) is 10.1 Å². The summed E-state index contributed by atoms with van der Waals surface area (Å²) in [5.41, 5.74) is 1.58. The average molecular weight is 473 g/mol. The molecule has 0 radical (unpaired) electrons. The van der Waals surface area contributed by atoms with Gasteiger partial charge in [-0.3, -0.25) is 9.78 Å². The fraction of sp³-hybridized carbons (Fsp3) is 0.409. The number of halogens is 1. The molecule has 2 aliphatic heterocycles. The molecule has 1 amide bonds. The quantitative estimate of drug-likeness (QED) is 0.571. The number of pyridine rings is 1. The predicted molar refractivity (Wildman–Crippen MR) is 121 cm³/mol. The number of nitrogens with zero attached hydrogens (tertiary/aromatic N) is 6. The maximum Gasteiger partial charge on any atom is 0.277 e. The lowest BCUT2D eigenvalue weighted by Crippen LogP contribution is -2.50. The van der Waals surface area contributed by atoms with E-state index < -0.39 is 10.0 Å². The molecular weight excluding hydrogens is 447 g/mol. The third kappa shape index (κ3) is 3.95. The zero-order valence-corrected chi connectivity index (χ0v) is 19.1. The summed E-state index contributed by atoms with van der Waals surface area (Å²) in [5.74, 6) is -0.678. The van der Waals surface area contributed by atoms with Crippen molar-refractivity contribution in [3.8, 4) is 0 Å². The number of hydrogen-bond acceptors (Lipinski definition) is 6. The van der Waals surface area contributed by atoms with Gasteiger partial charge in [0.2, 0.25) is 11.1 Å². The SMILES string of the molecule is Cn1ccnc1S(=O)(=O)N1CC[C@@H](C(=O)N2CCN(c3ccnc4cc(F)ccc34)CC2)C1. The van der Waals surface area contributed by atoms with Crippen molar-refractivity contribution in [1.82, 2.24) is 23.7 Å². The van der Waals surface area contributed by atoms with Crippen molar-refractivity contribution in [3.63, 3.8) is 0 Å². The molecule has 0 aliphatic carbocycles. The maximum atomic E-state index is 13.6. The monoisotopic (exact) mass is 472 g/mol. The van der Waals surface area contributed by atoms with Crippen LogP contribution in [0.2, 0.25) is 0 Å². The number of sulfonamides is 1. The lowest BCUT2D eigenvalue weighted by Gasteiger charge is -2.37. The normalized spacial score (nSPS) is 20.0. The smallest absolute Gasteiger partial charge is 0.277 e. The van der Waals surface area contributed by atoms with Gasteiger partial charge in [0.15, 0.2) is 0 Å². The first kappa shape index (κ1) is 21.8. The number of carbonyl (C=O) groups excluding carboxylic acids is 1. The number of aryl methyl sites for hydroxylation is 1. The van der Waals surface area contributed by atoms with E-state index >= 15 is 0 Å². The van der Waals surface area contributed by atoms with Crippen molar-refractivity contribution in [2.45, 2.75) is 11.6 Å². The number of benzene rings is 1. The van der Waals surface area contributed by atoms with Gasteiger partial charge in [0.25, 0.3) is 10.0 Å². The molecule has 1 atom stereocenters. The Labute approximate surface area is 191 Å². The van der Waals surface area contributed by atoms with Gasteiger partial charge < -0.3 is 14.4 Å². The first-order chi connectivity index (χ1) is 15.8. The van der Waals surface area contributed by atoms with Gasteiger partial charge in [-0.2, -0.15) is 4.31 Å². The second-order valence-corrected chi connectivity index (χ2v) is 10.3. The Morgan fingerprint density at radius 3 is 2.58 bits per heavy atom. The van der Waals surface area contributed by atoms with E-state index in [1.165, 1.54) is 27.2 Å². The third-order valence-corrected chi connectivity index (χ3v) is 8.33. The van der Waals surface area contributed by atoms with E-state index in [4.69, 9.17) is 0 Å². The number of anilines is 1. The molecule has 5 rings (SSSR count). The van der Waals surface area contributed by atoms with E-state index in [1.807, 2.05) is 11.0 Å². The minimum absolute atomic E-state index is 0.00570. The first-order valence-electron chi connectivity index (χ1n) is 10.9. The Balaban J connectivity index is 1.23. The van der Waals surface area contributed by atoms with E-state index in [-0.39, 0.29) is 29.3 Å². The Morgan fingerprint density at radius 1 is 1.06 bits per heavy atom. The van der Waals surface area contributed by atoms with Crippen LogP contribution in [0.25, 0.3) is 10.9 Å². The Morgan fingerprint density at radius 2 is 1.85 bits per heavy atom. The fourth-order valence-electron chi connectivity index (χ4n) is 4.67. The van der Waals surface area contributed by atoms with E-state index in [1.54, 1.807) is 25.5 Å². The Kier molecular flexibility index (Phi) is 5.53. The highest BCUT2D eigenvalue weighted by molar-refractivity contribution is 7.89. The molecular formula is C22H25FN6O3S. The van der Waals surface area contributed by atoms with Crippen LogP contribution in [0.3, 0.4) is 0 Å². The summed E-state index contributed by atoms with van der Waals surface area (Å²) in [7, 11) is -2.08. The number of amides is 1. The summed E-state index contributed by atoms with van der Waals surface area (Å²) >= 11 is 0. The van der Waals surface area contributed by atoms with Crippen molar-refractivity contribution < 1.29 is 17.6 Å². The number of imidazole rings is 1. The number of rotatable bonds is 4. The summed E-state index contributed by atoms with van der Waals surface area (Å²) < 4.78 is 42.1. The van der Waals surface area contributed by atoms with Gasteiger partial charge in [-0.15, -0.1) is 0 Å². The van der Waals surface area contributed by atoms with Crippen LogP contribution in [0.15, 0.2) is 48.0 Å². The molecule has 33 heavy (non-hydrogen) atoms. The zero-order chi connectivity index (χ0) is 23.2. The maximum absolute atomic E-state index is 13.6. The number of carbonyl (C=O) groups is 1. The molecule has 0 N–H and O–H groups in total. The molecule has 11 heteroatoms. The fourth-order valence-corrected chi connectivity index (χ4v) is 6.24. The number of piperazine rings is 1. The number of hydrogen-bond donors (Lipinski definition) is 0. The average Bonchev–Trinajstić information content (AvgIpc) is 3.48. The van der Waals surface area contributed by atoms with Crippen LogP contribution in [0.5, 0.6) is 0 Å². The van der Waals surface area contributed by atoms with Gasteiger partial charge in [-0.25, -0.2) is 17.8 Å². The van der Waals surface area contributed by atoms with Gasteiger partial charge in [0, 0.05) is 82.0 Å². The summed E-state index contributed by atoms with van der Waals surface area (Å²) in [5, 5.41) is 0.873. The summed E-state index contributed by atoms with van der Waals surface area (Å²) in [4.78, 5) is 25.3. The lowest BCUT2D eigenvalue weighted by atomic mass is 10.1. The zero-order valence-electron chi connectivity index (χ0n) is 18.3. The number of fused-ring (bicyclic) bond motifs is 1. The van der Waals surface area contributed by atoms with Crippen molar-refractivity contribution in [1.29, 1.82) is 0 Å². The minimum atomic E-state index is -3.72. The highest BCUT2D eigenvalue weighted by Crippen LogP contribution is 2.28. The van der Waals surface area contributed by atoms with Crippen molar-refractivity contribution in [2.24, 2.45) is 13.0 Å². The molecule has 2 aromatic heterocycles. The van der Waals surface area contributed by atoms with E-state index in [9.17, 15) is 17.6 Å². The van der Waals surface area contributed by atoms with Crippen molar-refractivity contribution in [2.75, 3.05) is 44.2 Å². The molecule has 1 aromatic carbocycles. The van der Waals surface area contributed by atoms with Crippen LogP contribution in [-0.2, 0) is 21.9 Å². The van der Waals surface area contributed by atoms with E-state index in [2.05, 4.69) is 14.9 Å². The minimum Gasteiger partial charge on any atom is -0.367 e. The van der Waals surface area contributed by atoms with Crippen LogP contribution in [-0.4, -0.2) is 77.3 Å². The third-order valence-electron chi connectivity index (χ3n) is 6.46. The molecule has 2 saturated heterocycles. The highest BCUT2D eigenvalue weighted by Gasteiger charge is 2.39. The molecule has 0 bridgehead atoms. The van der Waals surface area contributed by atoms with Crippen molar-refractivity contribution >= 4 is 32.5 Å². The molecule has 4 heterocycles. The second-order valence-electron chi connectivity index (χ2n) is 8.47. The molecule has 0 saturated carbocycles. The van der Waals surface area contributed by atoms with Gasteiger partial charge in [0.1, 0.15) is 5.82 Å². The summed E-state index contributed by atoms with van der Waals surface area (Å²) in [6.07, 6.45) is 5.22. The summed E-state index contributed by atoms with van der Waals surface area (Å²) in [6.45, 7) is 2.87. The van der Waals surface area contributed by atoms with E-state index in [0.29, 0.717) is 44.7 Å². The molecule has 0 spiro atoms. The molecule has 2 aliphatic rings. The first-order valence-corrected chi connectivity index (χ1v) is 12.3. The van der Waals surface area contributed by atoms with Gasteiger partial charge in [-0.1, -0.05) is 0 Å². The van der Waals surface area contributed by atoms with Gasteiger partial charge in [-0.05, 0) is 24.6 Å². The molecule has 3 aromatic rings. The summed E-state index contributed by atoms with van der Waals surface area (Å²) in [6, 6.07) is 6.50. The van der Waals surface area contributed by atoms with Gasteiger partial charge in [0.05, 0.1) is 11.4 Å². The highest BCUT2D eigenvalue weighted by atomic mass is 32.2. The lowest BCUT2D eigenvalue weighted by molar-refractivity contribution is -0.135. The number of aromatic nitrogens is 3. The molecule has 2 fully saturated rings. The Hall–Kier alpha value is -3.05. The standard InChI is InChI=1S/C22H25FN6O3S/c1-26-9-7-25-22(26)33(31,32)29-8-5-16(15-29)21(30)28-12-10-27(11-13-28)20-4-6-24-19-14-17(23)2-3-18(19)20/h2-4,6-7,9,14,16H,5,8,10-13,15H2,1H3/t16-/m1/s1. The molecule has 0 unspecified atom stereocenters. The largest absolute Gasteiger partial charge is 0.367 e. The van der Waals surface area contributed by atoms with E-state index in [0.717, 1.165) is 11.1 Å². The molecule has 174 valence electrons. The van der Waals surface area contributed by atoms with Gasteiger partial charge >= 0.3 is 0 Å².